The summed E-state index contributed by atoms with van der Waals surface area (Å²) in [6, 6.07) is 2.71. The van der Waals surface area contributed by atoms with Crippen molar-refractivity contribution >= 4 is 17.3 Å². The number of carbonyl (C=O) groups is 1. The van der Waals surface area contributed by atoms with E-state index in [4.69, 9.17) is 9.47 Å². The van der Waals surface area contributed by atoms with E-state index in [0.717, 1.165) is 29.5 Å². The number of aromatic nitrogens is 2. The van der Waals surface area contributed by atoms with Crippen LogP contribution in [0.5, 0.6) is 10.9 Å². The lowest BCUT2D eigenvalue weighted by Crippen LogP contribution is -2.03. The second kappa shape index (κ2) is 5.70. The summed E-state index contributed by atoms with van der Waals surface area (Å²) in [5.41, 5.74) is 0. The molecule has 0 unspecified atom stereocenters. The smallest absolute Gasteiger partial charge is 0.369 e. The Bertz CT molecular complexity index is 583. The summed E-state index contributed by atoms with van der Waals surface area (Å²) in [5, 5.41) is 7.13. The van der Waals surface area contributed by atoms with Gasteiger partial charge >= 0.3 is 5.97 Å². The van der Waals surface area contributed by atoms with Crippen LogP contribution in [0.15, 0.2) is 18.2 Å². The molecule has 2 rings (SSSR count). The minimum absolute atomic E-state index is 0.00643. The Labute approximate surface area is 110 Å². The van der Waals surface area contributed by atoms with Crippen LogP contribution in [-0.4, -0.2) is 22.8 Å². The zero-order chi connectivity index (χ0) is 13.8. The van der Waals surface area contributed by atoms with Crippen LogP contribution in [0.25, 0.3) is 0 Å². The number of carbonyl (C=O) groups excluding carboxylic acids is 1. The fourth-order valence-corrected chi connectivity index (χ4v) is 1.82. The van der Waals surface area contributed by atoms with Gasteiger partial charge in [-0.15, -0.1) is 5.10 Å². The first-order chi connectivity index (χ1) is 9.08. The molecule has 0 aliphatic rings. The van der Waals surface area contributed by atoms with Gasteiger partial charge in [-0.25, -0.2) is 13.6 Å². The highest BCUT2D eigenvalue weighted by Gasteiger charge is 2.15. The monoisotopic (exact) mass is 286 g/mol. The number of benzene rings is 1. The van der Waals surface area contributed by atoms with Crippen molar-refractivity contribution in [3.63, 3.8) is 0 Å². The number of halogens is 2. The fourth-order valence-electron chi connectivity index (χ4n) is 1.21. The first-order valence-corrected chi connectivity index (χ1v) is 6.04. The normalized spacial score (nSPS) is 10.3. The number of hydrogen-bond acceptors (Lipinski definition) is 6. The molecule has 0 amide bonds. The van der Waals surface area contributed by atoms with Crippen LogP contribution in [-0.2, 0) is 4.74 Å². The number of nitrogens with zero attached hydrogens (tertiary/aromatic N) is 2. The van der Waals surface area contributed by atoms with Gasteiger partial charge in [0.1, 0.15) is 17.4 Å². The lowest BCUT2D eigenvalue weighted by atomic mass is 10.3. The van der Waals surface area contributed by atoms with E-state index < -0.39 is 17.6 Å². The summed E-state index contributed by atoms with van der Waals surface area (Å²) in [5.74, 6) is -2.24. The van der Waals surface area contributed by atoms with Gasteiger partial charge in [-0.2, -0.15) is 0 Å². The standard InChI is InChI=1S/C11H8F2N2O3S/c1-2-17-10(16)9-14-15-11(19-9)18-8-4-6(12)3-7(13)5-8/h3-5H,2H2,1H3. The zero-order valence-electron chi connectivity index (χ0n) is 9.72. The highest BCUT2D eigenvalue weighted by atomic mass is 32.1. The molecule has 1 aromatic heterocycles. The van der Waals surface area contributed by atoms with Crippen molar-refractivity contribution in [2.24, 2.45) is 0 Å². The summed E-state index contributed by atoms with van der Waals surface area (Å²) in [4.78, 5) is 11.3. The van der Waals surface area contributed by atoms with Crippen molar-refractivity contribution in [3.8, 4) is 10.9 Å². The van der Waals surface area contributed by atoms with Gasteiger partial charge in [0, 0.05) is 18.2 Å². The van der Waals surface area contributed by atoms with Crippen LogP contribution in [0.2, 0.25) is 0 Å². The van der Waals surface area contributed by atoms with E-state index in [0.29, 0.717) is 0 Å². The topological polar surface area (TPSA) is 61.3 Å². The molecule has 0 atom stereocenters. The van der Waals surface area contributed by atoms with E-state index in [-0.39, 0.29) is 22.6 Å². The van der Waals surface area contributed by atoms with Crippen LogP contribution < -0.4 is 4.74 Å². The quantitative estimate of drug-likeness (QED) is 0.809. The third kappa shape index (κ3) is 3.44. The Hall–Kier alpha value is -2.09. The average Bonchev–Trinajstić information content (AvgIpc) is 2.76. The van der Waals surface area contributed by atoms with Crippen molar-refractivity contribution < 1.29 is 23.0 Å². The molecule has 0 saturated heterocycles. The highest BCUT2D eigenvalue weighted by molar-refractivity contribution is 7.14. The third-order valence-corrected chi connectivity index (χ3v) is 2.68. The fraction of sp³-hybridized carbons (Fsp3) is 0.182. The molecule has 5 nitrogen and oxygen atoms in total. The van der Waals surface area contributed by atoms with E-state index >= 15 is 0 Å². The SMILES string of the molecule is CCOC(=O)c1nnc(Oc2cc(F)cc(F)c2)s1. The van der Waals surface area contributed by atoms with Crippen molar-refractivity contribution in [3.05, 3.63) is 34.8 Å². The molecular formula is C11H8F2N2O3S. The summed E-state index contributed by atoms with van der Waals surface area (Å²) in [6.45, 7) is 1.87. The van der Waals surface area contributed by atoms with Crippen LogP contribution in [0, 0.1) is 11.6 Å². The summed E-state index contributed by atoms with van der Waals surface area (Å²) >= 11 is 0.824. The van der Waals surface area contributed by atoms with Gasteiger partial charge in [0.25, 0.3) is 5.19 Å². The van der Waals surface area contributed by atoms with Gasteiger partial charge in [0.15, 0.2) is 0 Å². The molecule has 0 aliphatic heterocycles. The molecular weight excluding hydrogens is 278 g/mol. The van der Waals surface area contributed by atoms with Gasteiger partial charge < -0.3 is 9.47 Å². The minimum atomic E-state index is -0.773. The molecule has 0 bridgehead atoms. The molecule has 1 heterocycles. The molecule has 0 spiro atoms. The summed E-state index contributed by atoms with van der Waals surface area (Å²) in [6.07, 6.45) is 0. The number of esters is 1. The van der Waals surface area contributed by atoms with Crippen molar-refractivity contribution in [2.45, 2.75) is 6.92 Å². The molecule has 0 radical (unpaired) electrons. The highest BCUT2D eigenvalue weighted by Crippen LogP contribution is 2.26. The van der Waals surface area contributed by atoms with Crippen molar-refractivity contribution in [1.82, 2.24) is 10.2 Å². The Morgan fingerprint density at radius 1 is 1.26 bits per heavy atom. The van der Waals surface area contributed by atoms with E-state index in [1.54, 1.807) is 6.92 Å². The third-order valence-electron chi connectivity index (χ3n) is 1.90. The van der Waals surface area contributed by atoms with Crippen LogP contribution in [0.4, 0.5) is 8.78 Å². The summed E-state index contributed by atoms with van der Waals surface area (Å²) in [7, 11) is 0. The number of ether oxygens (including phenoxy) is 2. The zero-order valence-corrected chi connectivity index (χ0v) is 10.5. The van der Waals surface area contributed by atoms with E-state index in [9.17, 15) is 13.6 Å². The second-order valence-electron chi connectivity index (χ2n) is 3.30. The molecule has 19 heavy (non-hydrogen) atoms. The molecule has 0 N–H and O–H groups in total. The molecule has 1 aromatic carbocycles. The molecule has 0 aliphatic carbocycles. The van der Waals surface area contributed by atoms with Crippen LogP contribution in [0.1, 0.15) is 16.7 Å². The summed E-state index contributed by atoms with van der Waals surface area (Å²) < 4.78 is 35.7. The van der Waals surface area contributed by atoms with E-state index in [1.807, 2.05) is 0 Å². The second-order valence-corrected chi connectivity index (χ2v) is 4.24. The average molecular weight is 286 g/mol. The number of hydrogen-bond donors (Lipinski definition) is 0. The predicted molar refractivity (Wildman–Crippen MR) is 62.3 cm³/mol. The van der Waals surface area contributed by atoms with Crippen molar-refractivity contribution in [1.29, 1.82) is 0 Å². The Morgan fingerprint density at radius 2 is 1.95 bits per heavy atom. The molecule has 8 heteroatoms. The first kappa shape index (κ1) is 13.3. The Balaban J connectivity index is 2.13. The van der Waals surface area contributed by atoms with Gasteiger partial charge in [0.05, 0.1) is 6.61 Å². The van der Waals surface area contributed by atoms with Crippen molar-refractivity contribution in [2.75, 3.05) is 6.61 Å². The van der Waals surface area contributed by atoms with E-state index in [1.165, 1.54) is 0 Å². The van der Waals surface area contributed by atoms with Crippen LogP contribution in [0.3, 0.4) is 0 Å². The van der Waals surface area contributed by atoms with Gasteiger partial charge in [-0.05, 0) is 18.3 Å². The number of rotatable bonds is 4. The lowest BCUT2D eigenvalue weighted by Gasteiger charge is -2.00. The Morgan fingerprint density at radius 3 is 2.58 bits per heavy atom. The molecule has 0 fully saturated rings. The van der Waals surface area contributed by atoms with Gasteiger partial charge in [0.2, 0.25) is 5.01 Å². The largest absolute Gasteiger partial charge is 0.461 e. The Kier molecular flexibility index (Phi) is 4.00. The van der Waals surface area contributed by atoms with Gasteiger partial charge in [-0.1, -0.05) is 5.10 Å². The minimum Gasteiger partial charge on any atom is -0.461 e. The predicted octanol–water partition coefficient (Wildman–Crippen LogP) is 2.79. The lowest BCUT2D eigenvalue weighted by molar-refractivity contribution is 0.0525. The van der Waals surface area contributed by atoms with Gasteiger partial charge in [-0.3, -0.25) is 0 Å². The molecule has 0 saturated carbocycles. The van der Waals surface area contributed by atoms with Crippen LogP contribution >= 0.6 is 11.3 Å². The molecule has 100 valence electrons. The maximum absolute atomic E-state index is 12.9. The maximum Gasteiger partial charge on any atom is 0.369 e. The molecule has 2 aromatic rings. The van der Waals surface area contributed by atoms with E-state index in [2.05, 4.69) is 10.2 Å². The first-order valence-electron chi connectivity index (χ1n) is 5.23. The maximum atomic E-state index is 12.9.